The summed E-state index contributed by atoms with van der Waals surface area (Å²) in [6.07, 6.45) is 2.38. The fourth-order valence-electron chi connectivity index (χ4n) is 11.2. The predicted octanol–water partition coefficient (Wildman–Crippen LogP) is 14.6. The maximum Gasteiger partial charge on any atom is 0.252 e. The van der Waals surface area contributed by atoms with Crippen molar-refractivity contribution < 1.29 is 4.42 Å². The van der Waals surface area contributed by atoms with E-state index in [9.17, 15) is 0 Å². The summed E-state index contributed by atoms with van der Waals surface area (Å²) in [5.74, 6) is 0. The van der Waals surface area contributed by atoms with Crippen molar-refractivity contribution in [2.75, 3.05) is 9.80 Å². The van der Waals surface area contributed by atoms with Crippen molar-refractivity contribution in [3.8, 4) is 11.1 Å². The smallest absolute Gasteiger partial charge is 0.252 e. The van der Waals surface area contributed by atoms with Crippen LogP contribution in [0.15, 0.2) is 138 Å². The van der Waals surface area contributed by atoms with E-state index in [1.807, 2.05) is 6.07 Å². The van der Waals surface area contributed by atoms with Gasteiger partial charge in [-0.2, -0.15) is 0 Å². The summed E-state index contributed by atoms with van der Waals surface area (Å²) in [7, 11) is 0. The number of anilines is 6. The molecule has 0 fully saturated rings. The lowest BCUT2D eigenvalue weighted by atomic mass is 9.33. The van der Waals surface area contributed by atoms with Gasteiger partial charge >= 0.3 is 0 Å². The second kappa shape index (κ2) is 13.5. The fourth-order valence-corrected chi connectivity index (χ4v) is 11.2. The zero-order chi connectivity index (χ0) is 44.0. The van der Waals surface area contributed by atoms with Gasteiger partial charge in [-0.25, -0.2) is 0 Å². The van der Waals surface area contributed by atoms with Gasteiger partial charge in [-0.3, -0.25) is 0 Å². The minimum absolute atomic E-state index is 0.0106. The Balaban J connectivity index is 1.16. The molecular formula is C59H59BN2O. The minimum Gasteiger partial charge on any atom is -0.456 e. The van der Waals surface area contributed by atoms with E-state index in [-0.39, 0.29) is 28.4 Å². The van der Waals surface area contributed by atoms with Gasteiger partial charge < -0.3 is 14.2 Å². The molecule has 7 aromatic carbocycles. The van der Waals surface area contributed by atoms with E-state index in [0.29, 0.717) is 0 Å². The third-order valence-corrected chi connectivity index (χ3v) is 14.9. The van der Waals surface area contributed by atoms with Gasteiger partial charge in [0.25, 0.3) is 6.71 Å². The van der Waals surface area contributed by atoms with Crippen molar-refractivity contribution in [1.29, 1.82) is 0 Å². The topological polar surface area (TPSA) is 19.6 Å². The molecule has 0 N–H and O–H groups in total. The molecule has 1 aromatic heterocycles. The standard InChI is InChI=1S/C59H59BN2O/c1-36-31-50-55-51(32-36)62(41-25-26-44-45(35-41)59(10,11)30-29-58(44,8)9)49-28-22-39(57(5,6)7)34-47(49)60(55)46-33-38(56(2,3)4)21-27-48(46)61(50)40-23-19-37(20-24-40)42-16-14-18-53-54(42)43-15-12-13-17-52(43)63-53/h12-28,31-35H,29-30H2,1-11H3. The first-order valence-electron chi connectivity index (χ1n) is 23.1. The highest BCUT2D eigenvalue weighted by Gasteiger charge is 2.45. The Morgan fingerprint density at radius 2 is 1.08 bits per heavy atom. The molecule has 314 valence electrons. The maximum atomic E-state index is 6.32. The number of aryl methyl sites for hydroxylation is 1. The lowest BCUT2D eigenvalue weighted by Crippen LogP contribution is -2.61. The van der Waals surface area contributed by atoms with Gasteiger partial charge in [-0.05, 0) is 157 Å². The summed E-state index contributed by atoms with van der Waals surface area (Å²) in [5.41, 5.74) is 22.8. The first kappa shape index (κ1) is 39.8. The van der Waals surface area contributed by atoms with Crippen molar-refractivity contribution in [2.24, 2.45) is 0 Å². The number of rotatable bonds is 3. The van der Waals surface area contributed by atoms with Crippen molar-refractivity contribution in [2.45, 2.75) is 111 Å². The summed E-state index contributed by atoms with van der Waals surface area (Å²) in [6.45, 7) is 26.1. The zero-order valence-corrected chi connectivity index (χ0v) is 39.0. The number of furan rings is 1. The zero-order valence-electron chi connectivity index (χ0n) is 39.0. The summed E-state index contributed by atoms with van der Waals surface area (Å²) in [4.78, 5) is 5.16. The van der Waals surface area contributed by atoms with E-state index in [2.05, 4.69) is 213 Å². The molecule has 0 saturated heterocycles. The molecule has 3 nitrogen and oxygen atoms in total. The van der Waals surface area contributed by atoms with Crippen LogP contribution in [0.3, 0.4) is 0 Å². The van der Waals surface area contributed by atoms with Gasteiger partial charge in [0.2, 0.25) is 0 Å². The molecule has 1 aliphatic carbocycles. The van der Waals surface area contributed by atoms with Crippen molar-refractivity contribution >= 4 is 79.2 Å². The normalized spacial score (nSPS) is 16.2. The Morgan fingerprint density at radius 3 is 1.70 bits per heavy atom. The fraction of sp³-hybridized carbons (Fsp3) is 0.288. The molecule has 0 bridgehead atoms. The number of benzene rings is 7. The van der Waals surface area contributed by atoms with Gasteiger partial charge in [-0.1, -0.05) is 142 Å². The molecule has 3 heterocycles. The molecule has 8 aromatic rings. The van der Waals surface area contributed by atoms with E-state index in [1.54, 1.807) is 0 Å². The van der Waals surface area contributed by atoms with Crippen molar-refractivity contribution in [3.63, 3.8) is 0 Å². The molecule has 0 saturated carbocycles. The second-order valence-electron chi connectivity index (χ2n) is 22.2. The Morgan fingerprint density at radius 1 is 0.524 bits per heavy atom. The molecule has 4 heteroatoms. The lowest BCUT2D eigenvalue weighted by Gasteiger charge is -2.46. The number of hydrogen-bond acceptors (Lipinski definition) is 3. The van der Waals surface area contributed by atoms with Gasteiger partial charge in [0.15, 0.2) is 0 Å². The monoisotopic (exact) mass is 822 g/mol. The molecule has 0 unspecified atom stereocenters. The first-order chi connectivity index (χ1) is 29.9. The molecule has 0 amide bonds. The average Bonchev–Trinajstić information content (AvgIpc) is 3.63. The van der Waals surface area contributed by atoms with Gasteiger partial charge in [0, 0.05) is 44.9 Å². The summed E-state index contributed by atoms with van der Waals surface area (Å²) in [5, 5.41) is 2.31. The molecule has 0 spiro atoms. The van der Waals surface area contributed by atoms with Crippen LogP contribution in [0.4, 0.5) is 34.1 Å². The van der Waals surface area contributed by atoms with Crippen LogP contribution < -0.4 is 26.2 Å². The summed E-state index contributed by atoms with van der Waals surface area (Å²) in [6, 6.07) is 51.0. The van der Waals surface area contributed by atoms with Crippen LogP contribution in [0.1, 0.15) is 110 Å². The third-order valence-electron chi connectivity index (χ3n) is 14.9. The predicted molar refractivity (Wildman–Crippen MR) is 271 cm³/mol. The SMILES string of the molecule is Cc1cc2c3c(c1)N(c1ccc4c(c1)C(C)(C)CCC4(C)C)c1ccc(C(C)(C)C)cc1B3c1cc(C(C)(C)C)ccc1N2c1ccc(-c2cccc3oc4ccccc4c23)cc1. The number of fused-ring (bicyclic) bond motifs is 8. The van der Waals surface area contributed by atoms with Crippen LogP contribution in [0, 0.1) is 6.92 Å². The van der Waals surface area contributed by atoms with E-state index >= 15 is 0 Å². The van der Waals surface area contributed by atoms with Crippen LogP contribution in [0.5, 0.6) is 0 Å². The largest absolute Gasteiger partial charge is 0.456 e. The lowest BCUT2D eigenvalue weighted by molar-refractivity contribution is 0.332. The van der Waals surface area contributed by atoms with E-state index in [1.165, 1.54) is 96.6 Å². The van der Waals surface area contributed by atoms with Crippen LogP contribution in [0.2, 0.25) is 0 Å². The highest BCUT2D eigenvalue weighted by Crippen LogP contribution is 2.50. The van der Waals surface area contributed by atoms with Gasteiger partial charge in [0.1, 0.15) is 11.2 Å². The maximum absolute atomic E-state index is 6.32. The molecular weight excluding hydrogens is 763 g/mol. The summed E-state index contributed by atoms with van der Waals surface area (Å²) < 4.78 is 6.32. The highest BCUT2D eigenvalue weighted by atomic mass is 16.3. The van der Waals surface area contributed by atoms with Crippen LogP contribution >= 0.6 is 0 Å². The number of hydrogen-bond donors (Lipinski definition) is 0. The molecule has 63 heavy (non-hydrogen) atoms. The van der Waals surface area contributed by atoms with E-state index in [4.69, 9.17) is 4.42 Å². The van der Waals surface area contributed by atoms with Crippen molar-refractivity contribution in [3.05, 3.63) is 161 Å². The van der Waals surface area contributed by atoms with Crippen molar-refractivity contribution in [1.82, 2.24) is 0 Å². The van der Waals surface area contributed by atoms with E-state index < -0.39 is 0 Å². The number of nitrogens with zero attached hydrogens (tertiary/aromatic N) is 2. The molecule has 11 rings (SSSR count). The third kappa shape index (κ3) is 6.15. The first-order valence-corrected chi connectivity index (χ1v) is 23.1. The number of para-hydroxylation sites is 1. The summed E-state index contributed by atoms with van der Waals surface area (Å²) >= 11 is 0. The highest BCUT2D eigenvalue weighted by molar-refractivity contribution is 7.00. The Hall–Kier alpha value is -6.00. The Kier molecular flexibility index (Phi) is 8.54. The molecule has 3 aliphatic rings. The molecule has 2 aliphatic heterocycles. The molecule has 0 radical (unpaired) electrons. The second-order valence-corrected chi connectivity index (χ2v) is 22.2. The minimum atomic E-state index is -0.0172. The molecule has 0 atom stereocenters. The van der Waals surface area contributed by atoms with Gasteiger partial charge in [0.05, 0.1) is 0 Å². The van der Waals surface area contributed by atoms with Crippen LogP contribution in [0.25, 0.3) is 33.1 Å². The van der Waals surface area contributed by atoms with E-state index in [0.717, 1.165) is 27.6 Å². The Labute approximate surface area is 374 Å². The quantitative estimate of drug-likeness (QED) is 0.166. The van der Waals surface area contributed by atoms with Gasteiger partial charge in [-0.15, -0.1) is 0 Å². The van der Waals surface area contributed by atoms with Crippen LogP contribution in [-0.2, 0) is 21.7 Å². The Bertz CT molecular complexity index is 3170. The average molecular weight is 823 g/mol. The van der Waals surface area contributed by atoms with Crippen LogP contribution in [-0.4, -0.2) is 6.71 Å².